The van der Waals surface area contributed by atoms with Crippen molar-refractivity contribution in [2.24, 2.45) is 17.3 Å². The molecule has 2 unspecified atom stereocenters. The number of halogens is 8. The van der Waals surface area contributed by atoms with Crippen LogP contribution in [0.25, 0.3) is 0 Å². The van der Waals surface area contributed by atoms with Crippen LogP contribution in [0.2, 0.25) is 0 Å². The van der Waals surface area contributed by atoms with Crippen molar-refractivity contribution in [1.82, 2.24) is 0 Å². The van der Waals surface area contributed by atoms with E-state index in [-0.39, 0.29) is 18.8 Å². The summed E-state index contributed by atoms with van der Waals surface area (Å²) in [5.74, 6) is -7.55. The Morgan fingerprint density at radius 2 is 1.77 bits per heavy atom. The van der Waals surface area contributed by atoms with Gasteiger partial charge in [0.1, 0.15) is 10.6 Å². The Kier molecular flexibility index (Phi) is 6.83. The molecule has 0 saturated heterocycles. The third kappa shape index (κ3) is 4.91. The number of allylic oxidation sites excluding steroid dienone is 2. The maximum atomic E-state index is 14.3. The van der Waals surface area contributed by atoms with Crippen molar-refractivity contribution in [3.63, 3.8) is 0 Å². The molecule has 1 aromatic carbocycles. The van der Waals surface area contributed by atoms with Crippen molar-refractivity contribution in [3.8, 4) is 0 Å². The van der Waals surface area contributed by atoms with Crippen LogP contribution in [-0.4, -0.2) is 18.8 Å². The average Bonchev–Trinajstić information content (AvgIpc) is 3.15. The lowest BCUT2D eigenvalue weighted by Gasteiger charge is -2.19. The van der Waals surface area contributed by atoms with Gasteiger partial charge in [-0.25, -0.2) is 8.78 Å². The highest BCUT2D eigenvalue weighted by atomic mass is 35.5. The van der Waals surface area contributed by atoms with E-state index in [1.165, 1.54) is 13.8 Å². The van der Waals surface area contributed by atoms with Gasteiger partial charge in [-0.2, -0.15) is 22.0 Å². The zero-order valence-corrected chi connectivity index (χ0v) is 16.8. The van der Waals surface area contributed by atoms with Crippen molar-refractivity contribution >= 4 is 17.6 Å². The molecular formula is C19H18ClF7O3. The van der Waals surface area contributed by atoms with Crippen LogP contribution in [0, 0.1) is 28.9 Å². The van der Waals surface area contributed by atoms with Gasteiger partial charge in [0.05, 0.1) is 12.5 Å². The van der Waals surface area contributed by atoms with E-state index in [0.717, 1.165) is 6.07 Å². The van der Waals surface area contributed by atoms with Crippen molar-refractivity contribution in [2.45, 2.75) is 39.7 Å². The average molecular weight is 463 g/mol. The lowest BCUT2D eigenvalue weighted by molar-refractivity contribution is -0.243. The van der Waals surface area contributed by atoms with E-state index >= 15 is 0 Å². The first-order valence-electron chi connectivity index (χ1n) is 8.74. The van der Waals surface area contributed by atoms with Gasteiger partial charge >= 0.3 is 18.3 Å². The van der Waals surface area contributed by atoms with Gasteiger partial charge < -0.3 is 9.47 Å². The second-order valence-electron chi connectivity index (χ2n) is 7.31. The highest BCUT2D eigenvalue weighted by Gasteiger charge is 2.63. The van der Waals surface area contributed by atoms with Gasteiger partial charge in [0.2, 0.25) is 0 Å². The van der Waals surface area contributed by atoms with Crippen LogP contribution in [0.1, 0.15) is 31.9 Å². The third-order valence-corrected chi connectivity index (χ3v) is 5.27. The SMILES string of the molecule is CCOCc1ccc(C(F)(F)OC(=O)C2C(C=C(Cl)C(F)(F)F)C2(C)C)c(F)c1F. The zero-order valence-electron chi connectivity index (χ0n) is 16.0. The summed E-state index contributed by atoms with van der Waals surface area (Å²) < 4.78 is 104. The maximum Gasteiger partial charge on any atom is 0.431 e. The van der Waals surface area contributed by atoms with Crippen LogP contribution in [-0.2, 0) is 27.0 Å². The van der Waals surface area contributed by atoms with E-state index in [0.29, 0.717) is 12.1 Å². The molecule has 0 bridgehead atoms. The second-order valence-corrected chi connectivity index (χ2v) is 7.72. The van der Waals surface area contributed by atoms with Gasteiger partial charge in [0, 0.05) is 12.2 Å². The minimum absolute atomic E-state index is 0.182. The van der Waals surface area contributed by atoms with E-state index in [4.69, 9.17) is 16.3 Å². The first-order valence-corrected chi connectivity index (χ1v) is 9.12. The van der Waals surface area contributed by atoms with Crippen LogP contribution >= 0.6 is 11.6 Å². The van der Waals surface area contributed by atoms with Crippen LogP contribution in [0.15, 0.2) is 23.2 Å². The molecule has 30 heavy (non-hydrogen) atoms. The molecule has 1 fully saturated rings. The highest BCUT2D eigenvalue weighted by Crippen LogP contribution is 2.61. The van der Waals surface area contributed by atoms with Crippen molar-refractivity contribution in [2.75, 3.05) is 6.61 Å². The van der Waals surface area contributed by atoms with E-state index < -0.39 is 57.7 Å². The van der Waals surface area contributed by atoms with Gasteiger partial charge in [0.15, 0.2) is 11.6 Å². The van der Waals surface area contributed by atoms with Crippen molar-refractivity contribution in [3.05, 3.63) is 46.0 Å². The zero-order chi connectivity index (χ0) is 23.1. The number of benzene rings is 1. The Labute approximate surface area is 172 Å². The summed E-state index contributed by atoms with van der Waals surface area (Å²) in [5, 5.41) is -1.50. The van der Waals surface area contributed by atoms with E-state index in [2.05, 4.69) is 4.74 Å². The predicted octanol–water partition coefficient (Wildman–Crippen LogP) is 6.05. The fourth-order valence-electron chi connectivity index (χ4n) is 3.07. The van der Waals surface area contributed by atoms with Crippen LogP contribution in [0.5, 0.6) is 0 Å². The maximum absolute atomic E-state index is 14.3. The summed E-state index contributed by atoms with van der Waals surface area (Å²) in [7, 11) is 0. The normalized spacial score (nSPS) is 21.5. The molecule has 0 aromatic heterocycles. The molecule has 11 heteroatoms. The Balaban J connectivity index is 2.21. The number of carbonyl (C=O) groups is 1. The smallest absolute Gasteiger partial charge is 0.397 e. The molecule has 1 aliphatic carbocycles. The van der Waals surface area contributed by atoms with Crippen LogP contribution in [0.3, 0.4) is 0 Å². The number of alkyl halides is 5. The molecule has 2 rings (SSSR count). The van der Waals surface area contributed by atoms with Crippen molar-refractivity contribution in [1.29, 1.82) is 0 Å². The fourth-order valence-corrected chi connectivity index (χ4v) is 3.21. The number of carbonyl (C=O) groups excluding carboxylic acids is 1. The molecule has 1 aliphatic rings. The molecule has 3 nitrogen and oxygen atoms in total. The molecule has 2 atom stereocenters. The first-order chi connectivity index (χ1) is 13.6. The summed E-state index contributed by atoms with van der Waals surface area (Å²) >= 11 is 5.14. The minimum Gasteiger partial charge on any atom is -0.397 e. The molecule has 1 saturated carbocycles. The molecule has 1 aromatic rings. The van der Waals surface area contributed by atoms with Crippen LogP contribution in [0.4, 0.5) is 30.7 Å². The standard InChI is InChI=1S/C19H18ClF7O3/c1-4-29-8-9-5-6-10(15(22)14(9)21)19(26,27)30-16(28)13-11(17(13,2)3)7-12(20)18(23,24)25/h5-7,11,13H,4,8H2,1-3H3. The second kappa shape index (κ2) is 8.37. The Morgan fingerprint density at radius 3 is 2.30 bits per heavy atom. The van der Waals surface area contributed by atoms with E-state index in [1.54, 1.807) is 6.92 Å². The van der Waals surface area contributed by atoms with Gasteiger partial charge in [0.25, 0.3) is 0 Å². The lowest BCUT2D eigenvalue weighted by atomic mass is 10.1. The number of hydrogen-bond donors (Lipinski definition) is 0. The van der Waals surface area contributed by atoms with Gasteiger partial charge in [-0.15, -0.1) is 0 Å². The topological polar surface area (TPSA) is 35.5 Å². The number of esters is 1. The molecule has 0 N–H and O–H groups in total. The molecule has 0 spiro atoms. The van der Waals surface area contributed by atoms with E-state index in [1.807, 2.05) is 0 Å². The number of ether oxygens (including phenoxy) is 2. The Bertz CT molecular complexity index is 849. The quantitative estimate of drug-likeness (QED) is 0.365. The summed E-state index contributed by atoms with van der Waals surface area (Å²) in [4.78, 5) is 12.2. The monoisotopic (exact) mass is 462 g/mol. The molecule has 168 valence electrons. The summed E-state index contributed by atoms with van der Waals surface area (Å²) in [6.45, 7) is 4.15. The van der Waals surface area contributed by atoms with E-state index in [9.17, 15) is 35.5 Å². The summed E-state index contributed by atoms with van der Waals surface area (Å²) in [5.41, 5.74) is -2.98. The third-order valence-electron chi connectivity index (χ3n) is 4.93. The highest BCUT2D eigenvalue weighted by molar-refractivity contribution is 6.30. The lowest BCUT2D eigenvalue weighted by Crippen LogP contribution is -2.26. The number of hydrogen-bond acceptors (Lipinski definition) is 3. The van der Waals surface area contributed by atoms with Gasteiger partial charge in [-0.05, 0) is 24.3 Å². The Hall–Kier alpha value is -1.81. The van der Waals surface area contributed by atoms with Crippen molar-refractivity contribution < 1.29 is 45.0 Å². The molecule has 0 radical (unpaired) electrons. The summed E-state index contributed by atoms with van der Waals surface area (Å²) in [6, 6.07) is 1.41. The summed E-state index contributed by atoms with van der Waals surface area (Å²) in [6.07, 6.45) is -8.86. The molecule has 0 aliphatic heterocycles. The number of rotatable bonds is 7. The van der Waals surface area contributed by atoms with Gasteiger partial charge in [-0.1, -0.05) is 37.6 Å². The first kappa shape index (κ1) is 24.5. The minimum atomic E-state index is -4.86. The predicted molar refractivity (Wildman–Crippen MR) is 92.4 cm³/mol. The fraction of sp³-hybridized carbons (Fsp3) is 0.526. The molecular weight excluding hydrogens is 445 g/mol. The van der Waals surface area contributed by atoms with Gasteiger partial charge in [-0.3, -0.25) is 4.79 Å². The Morgan fingerprint density at radius 1 is 1.17 bits per heavy atom. The molecule has 0 heterocycles. The molecule has 0 amide bonds. The largest absolute Gasteiger partial charge is 0.431 e. The van der Waals surface area contributed by atoms with Crippen LogP contribution < -0.4 is 0 Å².